The summed E-state index contributed by atoms with van der Waals surface area (Å²) in [5.41, 5.74) is 0.564. The van der Waals surface area contributed by atoms with E-state index in [0.717, 1.165) is 4.88 Å². The predicted octanol–water partition coefficient (Wildman–Crippen LogP) is 2.85. The van der Waals surface area contributed by atoms with Gasteiger partial charge < -0.3 is 19.1 Å². The fourth-order valence-electron chi connectivity index (χ4n) is 3.02. The first-order chi connectivity index (χ1) is 13.4. The number of nitrogens with zero attached hydrogens (tertiary/aromatic N) is 1. The number of amides is 1. The number of ketones is 1. The van der Waals surface area contributed by atoms with Gasteiger partial charge in [-0.3, -0.25) is 14.4 Å². The van der Waals surface area contributed by atoms with Crippen LogP contribution in [0.3, 0.4) is 0 Å². The maximum atomic E-state index is 12.4. The molecule has 0 unspecified atom stereocenters. The number of anilines is 1. The van der Waals surface area contributed by atoms with Gasteiger partial charge in [0.25, 0.3) is 0 Å². The topological polar surface area (TPSA) is 82.1 Å². The number of benzene rings is 1. The van der Waals surface area contributed by atoms with Gasteiger partial charge in [0.15, 0.2) is 6.61 Å². The quantitative estimate of drug-likeness (QED) is 0.522. The normalized spacial score (nSPS) is 16.2. The van der Waals surface area contributed by atoms with Crippen molar-refractivity contribution in [1.82, 2.24) is 0 Å². The molecule has 0 aliphatic carbocycles. The molecular formula is C20H21NO6S. The van der Waals surface area contributed by atoms with Gasteiger partial charge in [-0.15, -0.1) is 11.3 Å². The highest BCUT2D eigenvalue weighted by molar-refractivity contribution is 7.14. The first kappa shape index (κ1) is 19.9. The standard InChI is InChI=1S/C20H21NO6S/c1-12-4-7-18(28-12)16(22)11-27-20(24)13-8-19(23)21(10-13)15-6-5-14(25-2)9-17(15)26-3/h4-7,9,13H,8,10-11H2,1-3H3/t13-/m0/s1. The Morgan fingerprint density at radius 2 is 1.96 bits per heavy atom. The number of ether oxygens (including phenoxy) is 3. The van der Waals surface area contributed by atoms with Gasteiger partial charge in [-0.25, -0.2) is 0 Å². The Bertz CT molecular complexity index is 906. The van der Waals surface area contributed by atoms with Gasteiger partial charge in [-0.1, -0.05) is 0 Å². The molecule has 0 spiro atoms. The minimum absolute atomic E-state index is 0.0281. The van der Waals surface area contributed by atoms with Crippen molar-refractivity contribution in [2.45, 2.75) is 13.3 Å². The zero-order valence-electron chi connectivity index (χ0n) is 15.9. The van der Waals surface area contributed by atoms with Gasteiger partial charge in [0.05, 0.1) is 30.7 Å². The molecule has 0 bridgehead atoms. The molecule has 2 heterocycles. The van der Waals surface area contributed by atoms with Crippen LogP contribution in [-0.2, 0) is 14.3 Å². The van der Waals surface area contributed by atoms with Gasteiger partial charge >= 0.3 is 5.97 Å². The summed E-state index contributed by atoms with van der Waals surface area (Å²) >= 11 is 1.36. The van der Waals surface area contributed by atoms with Gasteiger partial charge in [0, 0.05) is 23.9 Å². The third-order valence-electron chi connectivity index (χ3n) is 4.50. The van der Waals surface area contributed by atoms with E-state index in [-0.39, 0.29) is 31.3 Å². The number of Topliss-reactive ketones (excluding diaryl/α,β-unsaturated/α-hetero) is 1. The van der Waals surface area contributed by atoms with Gasteiger partial charge in [-0.05, 0) is 31.2 Å². The smallest absolute Gasteiger partial charge is 0.311 e. The van der Waals surface area contributed by atoms with Crippen LogP contribution in [0.2, 0.25) is 0 Å². The maximum Gasteiger partial charge on any atom is 0.311 e. The third-order valence-corrected chi connectivity index (χ3v) is 5.54. The first-order valence-corrected chi connectivity index (χ1v) is 9.53. The Morgan fingerprint density at radius 1 is 1.18 bits per heavy atom. The maximum absolute atomic E-state index is 12.4. The highest BCUT2D eigenvalue weighted by Crippen LogP contribution is 2.36. The van der Waals surface area contributed by atoms with E-state index in [1.165, 1.54) is 23.3 Å². The van der Waals surface area contributed by atoms with Crippen molar-refractivity contribution in [3.8, 4) is 11.5 Å². The van der Waals surface area contributed by atoms with Gasteiger partial charge in [0.1, 0.15) is 11.5 Å². The van der Waals surface area contributed by atoms with Crippen molar-refractivity contribution < 1.29 is 28.6 Å². The lowest BCUT2D eigenvalue weighted by Crippen LogP contribution is -2.27. The Hall–Kier alpha value is -2.87. The van der Waals surface area contributed by atoms with Crippen molar-refractivity contribution in [1.29, 1.82) is 0 Å². The van der Waals surface area contributed by atoms with E-state index in [4.69, 9.17) is 14.2 Å². The molecule has 1 aliphatic rings. The minimum atomic E-state index is -0.628. The predicted molar refractivity (Wildman–Crippen MR) is 104 cm³/mol. The number of hydrogen-bond donors (Lipinski definition) is 0. The molecule has 1 atom stereocenters. The molecule has 0 radical (unpaired) electrons. The van der Waals surface area contributed by atoms with E-state index in [1.807, 2.05) is 13.0 Å². The first-order valence-electron chi connectivity index (χ1n) is 8.71. The van der Waals surface area contributed by atoms with Crippen LogP contribution in [0.4, 0.5) is 5.69 Å². The summed E-state index contributed by atoms with van der Waals surface area (Å²) in [7, 11) is 3.04. The fourth-order valence-corrected chi connectivity index (χ4v) is 3.81. The average molecular weight is 403 g/mol. The molecule has 3 rings (SSSR count). The summed E-state index contributed by atoms with van der Waals surface area (Å²) in [5.74, 6) is -0.548. The highest BCUT2D eigenvalue weighted by atomic mass is 32.1. The SMILES string of the molecule is COc1ccc(N2C[C@@H](C(=O)OCC(=O)c3ccc(C)s3)CC2=O)c(OC)c1. The van der Waals surface area contributed by atoms with Crippen LogP contribution < -0.4 is 14.4 Å². The summed E-state index contributed by atoms with van der Waals surface area (Å²) < 4.78 is 15.7. The third kappa shape index (κ3) is 4.17. The second-order valence-electron chi connectivity index (χ2n) is 6.38. The summed E-state index contributed by atoms with van der Waals surface area (Å²) in [4.78, 5) is 40.0. The van der Waals surface area contributed by atoms with Crippen LogP contribution >= 0.6 is 11.3 Å². The molecule has 148 valence electrons. The number of aryl methyl sites for hydroxylation is 1. The summed E-state index contributed by atoms with van der Waals surface area (Å²) in [6, 6.07) is 8.67. The average Bonchev–Trinajstić information content (AvgIpc) is 3.31. The summed E-state index contributed by atoms with van der Waals surface area (Å²) in [6.45, 7) is 1.75. The van der Waals surface area contributed by atoms with Crippen LogP contribution in [-0.4, -0.2) is 45.0 Å². The van der Waals surface area contributed by atoms with Crippen LogP contribution in [0.25, 0.3) is 0 Å². The van der Waals surface area contributed by atoms with Crippen molar-refractivity contribution in [3.05, 3.63) is 40.1 Å². The van der Waals surface area contributed by atoms with Crippen molar-refractivity contribution in [3.63, 3.8) is 0 Å². The number of hydrogen-bond acceptors (Lipinski definition) is 7. The van der Waals surface area contributed by atoms with E-state index < -0.39 is 11.9 Å². The molecule has 0 N–H and O–H groups in total. The largest absolute Gasteiger partial charge is 0.497 e. The zero-order chi connectivity index (χ0) is 20.3. The molecule has 1 fully saturated rings. The lowest BCUT2D eigenvalue weighted by molar-refractivity contribution is -0.147. The number of carbonyl (C=O) groups excluding carboxylic acids is 3. The molecule has 1 saturated heterocycles. The molecule has 28 heavy (non-hydrogen) atoms. The number of esters is 1. The van der Waals surface area contributed by atoms with Crippen LogP contribution in [0.15, 0.2) is 30.3 Å². The molecule has 2 aromatic rings. The van der Waals surface area contributed by atoms with Crippen LogP contribution in [0.1, 0.15) is 21.0 Å². The Morgan fingerprint density at radius 3 is 2.61 bits per heavy atom. The summed E-state index contributed by atoms with van der Waals surface area (Å²) in [5, 5.41) is 0. The molecule has 1 aliphatic heterocycles. The zero-order valence-corrected chi connectivity index (χ0v) is 16.7. The van der Waals surface area contributed by atoms with E-state index >= 15 is 0 Å². The Balaban J connectivity index is 1.64. The van der Waals surface area contributed by atoms with Gasteiger partial charge in [-0.2, -0.15) is 0 Å². The van der Waals surface area contributed by atoms with Crippen LogP contribution in [0, 0.1) is 12.8 Å². The van der Waals surface area contributed by atoms with Crippen LogP contribution in [0.5, 0.6) is 11.5 Å². The molecular weight excluding hydrogens is 382 g/mol. The highest BCUT2D eigenvalue weighted by Gasteiger charge is 2.37. The second kappa shape index (κ2) is 8.43. The van der Waals surface area contributed by atoms with Gasteiger partial charge in [0.2, 0.25) is 11.7 Å². The second-order valence-corrected chi connectivity index (χ2v) is 7.67. The molecule has 1 aromatic heterocycles. The van der Waals surface area contributed by atoms with E-state index in [1.54, 1.807) is 31.4 Å². The van der Waals surface area contributed by atoms with E-state index in [2.05, 4.69) is 0 Å². The molecule has 0 saturated carbocycles. The lowest BCUT2D eigenvalue weighted by atomic mass is 10.1. The van der Waals surface area contributed by atoms with E-state index in [9.17, 15) is 14.4 Å². The summed E-state index contributed by atoms with van der Waals surface area (Å²) in [6.07, 6.45) is 0.0281. The fraction of sp³-hybridized carbons (Fsp3) is 0.350. The molecule has 1 amide bonds. The Labute approximate surface area is 166 Å². The molecule has 7 nitrogen and oxygen atoms in total. The molecule has 1 aromatic carbocycles. The number of carbonyl (C=O) groups is 3. The lowest BCUT2D eigenvalue weighted by Gasteiger charge is -2.20. The van der Waals surface area contributed by atoms with Crippen molar-refractivity contribution >= 4 is 34.7 Å². The van der Waals surface area contributed by atoms with E-state index in [0.29, 0.717) is 22.1 Å². The Kier molecular flexibility index (Phi) is 5.99. The number of thiophene rings is 1. The molecule has 8 heteroatoms. The van der Waals surface area contributed by atoms with Crippen molar-refractivity contribution in [2.24, 2.45) is 5.92 Å². The monoisotopic (exact) mass is 403 g/mol. The minimum Gasteiger partial charge on any atom is -0.497 e. The number of rotatable bonds is 7. The van der Waals surface area contributed by atoms with Crippen molar-refractivity contribution in [2.75, 3.05) is 32.3 Å². The number of methoxy groups -OCH3 is 2.